The van der Waals surface area contributed by atoms with Gasteiger partial charge >= 0.3 is 12.1 Å². The highest BCUT2D eigenvalue weighted by Crippen LogP contribution is 2.23. The third-order valence-corrected chi connectivity index (χ3v) is 5.15. The molecule has 0 aliphatic rings. The average Bonchev–Trinajstić information content (AvgIpc) is 2.85. The molecule has 0 spiro atoms. The number of thiophene rings is 1. The fourth-order valence-electron chi connectivity index (χ4n) is 1.50. The minimum atomic E-state index is -3.70. The number of alkyl carbamates (subject to hydrolysis) is 1. The topological polar surface area (TPSA) is 98.8 Å². The second kappa shape index (κ2) is 7.10. The van der Waals surface area contributed by atoms with Crippen molar-refractivity contribution < 1.29 is 27.5 Å². The molecule has 0 aliphatic heterocycles. The van der Waals surface area contributed by atoms with E-state index in [2.05, 4.69) is 10.1 Å². The van der Waals surface area contributed by atoms with E-state index in [1.165, 1.54) is 18.6 Å². The van der Waals surface area contributed by atoms with Crippen molar-refractivity contribution in [2.75, 3.05) is 19.4 Å². The van der Waals surface area contributed by atoms with Crippen molar-refractivity contribution in [1.82, 2.24) is 5.32 Å². The Hall–Kier alpha value is -1.61. The van der Waals surface area contributed by atoms with E-state index in [-0.39, 0.29) is 22.1 Å². The second-order valence-corrected chi connectivity index (χ2v) is 8.35. The Labute approximate surface area is 133 Å². The van der Waals surface area contributed by atoms with Crippen LogP contribution in [0.25, 0.3) is 0 Å². The largest absolute Gasteiger partial charge is 0.465 e. The molecule has 1 aromatic heterocycles. The summed E-state index contributed by atoms with van der Waals surface area (Å²) in [4.78, 5) is 22.9. The summed E-state index contributed by atoms with van der Waals surface area (Å²) in [5.41, 5.74) is -0.658. The number of hydrogen-bond donors (Lipinski definition) is 1. The molecule has 22 heavy (non-hydrogen) atoms. The molecule has 0 aromatic carbocycles. The van der Waals surface area contributed by atoms with Crippen molar-refractivity contribution in [3.63, 3.8) is 0 Å². The molecule has 0 atom stereocenters. The first-order valence-corrected chi connectivity index (χ1v) is 8.95. The summed E-state index contributed by atoms with van der Waals surface area (Å²) in [6.07, 6.45) is -0.693. The van der Waals surface area contributed by atoms with Crippen LogP contribution in [0.3, 0.4) is 0 Å². The number of amides is 1. The highest BCUT2D eigenvalue weighted by Gasteiger charge is 2.25. The van der Waals surface area contributed by atoms with Crippen LogP contribution in [0.5, 0.6) is 0 Å². The summed E-state index contributed by atoms with van der Waals surface area (Å²) < 4.78 is 34.0. The van der Waals surface area contributed by atoms with Crippen molar-refractivity contribution in [3.05, 3.63) is 16.3 Å². The van der Waals surface area contributed by atoms with Gasteiger partial charge in [0, 0.05) is 6.54 Å². The van der Waals surface area contributed by atoms with Crippen molar-refractivity contribution in [2.24, 2.45) is 0 Å². The lowest BCUT2D eigenvalue weighted by Gasteiger charge is -2.19. The van der Waals surface area contributed by atoms with Crippen molar-refractivity contribution >= 4 is 33.2 Å². The zero-order valence-electron chi connectivity index (χ0n) is 12.8. The third kappa shape index (κ3) is 5.30. The summed E-state index contributed by atoms with van der Waals surface area (Å²) >= 11 is 0.991. The summed E-state index contributed by atoms with van der Waals surface area (Å²) in [7, 11) is -2.52. The lowest BCUT2D eigenvalue weighted by atomic mass is 10.2. The Kier molecular flexibility index (Phi) is 5.95. The lowest BCUT2D eigenvalue weighted by Crippen LogP contribution is -2.35. The Morgan fingerprint density at radius 1 is 1.32 bits per heavy atom. The fraction of sp³-hybridized carbons (Fsp3) is 0.538. The number of ether oxygens (including phenoxy) is 2. The second-order valence-electron chi connectivity index (χ2n) is 5.35. The molecule has 0 aliphatic carbocycles. The summed E-state index contributed by atoms with van der Waals surface area (Å²) in [6.45, 7) is 5.00. The van der Waals surface area contributed by atoms with E-state index in [4.69, 9.17) is 4.74 Å². The Balaban J connectivity index is 2.68. The Morgan fingerprint density at radius 3 is 2.50 bits per heavy atom. The van der Waals surface area contributed by atoms with Gasteiger partial charge in [-0.3, -0.25) is 0 Å². The molecule has 0 bridgehead atoms. The van der Waals surface area contributed by atoms with Crippen LogP contribution < -0.4 is 5.32 Å². The Bertz CT molecular complexity index is 642. The fourth-order valence-corrected chi connectivity index (χ4v) is 4.04. The molecule has 0 radical (unpaired) electrons. The highest BCUT2D eigenvalue weighted by molar-refractivity contribution is 7.91. The van der Waals surface area contributed by atoms with Crippen LogP contribution in [-0.4, -0.2) is 45.5 Å². The van der Waals surface area contributed by atoms with Gasteiger partial charge < -0.3 is 14.8 Å². The Morgan fingerprint density at radius 2 is 1.95 bits per heavy atom. The van der Waals surface area contributed by atoms with E-state index < -0.39 is 27.5 Å². The van der Waals surface area contributed by atoms with E-state index in [9.17, 15) is 18.0 Å². The van der Waals surface area contributed by atoms with Crippen LogP contribution >= 0.6 is 11.3 Å². The van der Waals surface area contributed by atoms with Crippen molar-refractivity contribution in [3.8, 4) is 0 Å². The molecule has 124 valence electrons. The van der Waals surface area contributed by atoms with Crippen LogP contribution in [0.1, 0.15) is 30.4 Å². The van der Waals surface area contributed by atoms with Crippen molar-refractivity contribution in [2.45, 2.75) is 31.3 Å². The lowest BCUT2D eigenvalue weighted by molar-refractivity contribution is 0.0529. The first-order chi connectivity index (χ1) is 10.1. The van der Waals surface area contributed by atoms with Crippen LogP contribution in [0.15, 0.2) is 16.3 Å². The predicted octanol–water partition coefficient (Wildman–Crippen LogP) is 1.83. The standard InChI is InChI=1S/C13H19NO6S2/c1-13(2,3)20-12(16)14-6-8-22(17,18)9-5-7-21-10(9)11(15)19-4/h5,7H,6,8H2,1-4H3,(H,14,16). The predicted molar refractivity (Wildman–Crippen MR) is 81.9 cm³/mol. The van der Waals surface area contributed by atoms with E-state index in [0.29, 0.717) is 0 Å². The molecule has 0 saturated carbocycles. The molecule has 1 heterocycles. The molecule has 0 saturated heterocycles. The van der Waals surface area contributed by atoms with Crippen LogP contribution in [0, 0.1) is 0 Å². The smallest absolute Gasteiger partial charge is 0.407 e. The van der Waals surface area contributed by atoms with E-state index in [1.54, 1.807) is 20.8 Å². The minimum Gasteiger partial charge on any atom is -0.465 e. The summed E-state index contributed by atoms with van der Waals surface area (Å²) in [6, 6.07) is 1.35. The van der Waals surface area contributed by atoms with Gasteiger partial charge in [-0.25, -0.2) is 18.0 Å². The zero-order valence-corrected chi connectivity index (χ0v) is 14.5. The third-order valence-electron chi connectivity index (χ3n) is 2.37. The number of methoxy groups -OCH3 is 1. The molecule has 1 N–H and O–H groups in total. The maximum atomic E-state index is 12.2. The minimum absolute atomic E-state index is 0.0276. The van der Waals surface area contributed by atoms with Gasteiger partial charge in [-0.05, 0) is 32.2 Å². The molecule has 9 heteroatoms. The number of carbonyl (C=O) groups excluding carboxylic acids is 2. The number of esters is 1. The molecule has 1 amide bonds. The van der Waals surface area contributed by atoms with Gasteiger partial charge in [0.2, 0.25) is 0 Å². The maximum Gasteiger partial charge on any atom is 0.407 e. The maximum absolute atomic E-state index is 12.2. The van der Waals surface area contributed by atoms with Gasteiger partial charge in [0.15, 0.2) is 9.84 Å². The number of rotatable bonds is 5. The number of nitrogens with one attached hydrogen (secondary N) is 1. The van der Waals surface area contributed by atoms with Gasteiger partial charge in [0.05, 0.1) is 17.8 Å². The molecule has 7 nitrogen and oxygen atoms in total. The first-order valence-electron chi connectivity index (χ1n) is 6.42. The quantitative estimate of drug-likeness (QED) is 0.814. The number of carbonyl (C=O) groups is 2. The van der Waals surface area contributed by atoms with Crippen LogP contribution in [0.2, 0.25) is 0 Å². The SMILES string of the molecule is COC(=O)c1sccc1S(=O)(=O)CCNC(=O)OC(C)(C)C. The van der Waals surface area contributed by atoms with Gasteiger partial charge in [0.1, 0.15) is 10.5 Å². The molecule has 0 fully saturated rings. The summed E-state index contributed by atoms with van der Waals surface area (Å²) in [5.74, 6) is -1.04. The van der Waals surface area contributed by atoms with Gasteiger partial charge in [-0.2, -0.15) is 0 Å². The number of hydrogen-bond acceptors (Lipinski definition) is 7. The van der Waals surface area contributed by atoms with Gasteiger partial charge in [0.25, 0.3) is 0 Å². The molecular formula is C13H19NO6S2. The zero-order chi connectivity index (χ0) is 17.0. The van der Waals surface area contributed by atoms with E-state index >= 15 is 0 Å². The van der Waals surface area contributed by atoms with Crippen LogP contribution in [0.4, 0.5) is 4.79 Å². The highest BCUT2D eigenvalue weighted by atomic mass is 32.2. The van der Waals surface area contributed by atoms with Crippen LogP contribution in [-0.2, 0) is 19.3 Å². The normalized spacial score (nSPS) is 11.8. The molecule has 0 unspecified atom stereocenters. The van der Waals surface area contributed by atoms with Gasteiger partial charge in [-0.15, -0.1) is 11.3 Å². The van der Waals surface area contributed by atoms with Gasteiger partial charge in [-0.1, -0.05) is 0 Å². The molecule has 1 rings (SSSR count). The molecule has 1 aromatic rings. The summed E-state index contributed by atoms with van der Waals surface area (Å²) in [5, 5.41) is 3.87. The number of sulfone groups is 1. The monoisotopic (exact) mass is 349 g/mol. The first kappa shape index (κ1) is 18.4. The van der Waals surface area contributed by atoms with Crippen molar-refractivity contribution in [1.29, 1.82) is 0 Å². The van der Waals surface area contributed by atoms with E-state index in [0.717, 1.165) is 11.3 Å². The van der Waals surface area contributed by atoms with E-state index in [1.807, 2.05) is 0 Å². The average molecular weight is 349 g/mol. The molecular weight excluding hydrogens is 330 g/mol.